The van der Waals surface area contributed by atoms with Crippen molar-refractivity contribution in [2.24, 2.45) is 5.92 Å². The second kappa shape index (κ2) is 6.37. The Balaban J connectivity index is 1.76. The SMILES string of the molecule is CC(C)c1ccc(C2Nc3c(C(C)C)cccc3C3C=CCC32)cc1. The number of benzene rings is 2. The summed E-state index contributed by atoms with van der Waals surface area (Å²) in [6.07, 6.45) is 5.98. The summed E-state index contributed by atoms with van der Waals surface area (Å²) in [6.45, 7) is 9.10. The van der Waals surface area contributed by atoms with E-state index >= 15 is 0 Å². The maximum atomic E-state index is 3.94. The molecule has 0 saturated heterocycles. The zero-order valence-electron chi connectivity index (χ0n) is 15.8. The molecule has 0 radical (unpaired) electrons. The van der Waals surface area contributed by atoms with Crippen molar-refractivity contribution in [2.75, 3.05) is 5.32 Å². The molecule has 0 amide bonds. The first-order valence-electron chi connectivity index (χ1n) is 9.72. The van der Waals surface area contributed by atoms with E-state index in [1.54, 1.807) is 0 Å². The van der Waals surface area contributed by atoms with Gasteiger partial charge in [0.05, 0.1) is 6.04 Å². The molecule has 4 rings (SSSR count). The van der Waals surface area contributed by atoms with Crippen molar-refractivity contribution < 1.29 is 0 Å². The maximum absolute atomic E-state index is 3.94. The molecule has 0 fully saturated rings. The number of hydrogen-bond acceptors (Lipinski definition) is 1. The molecule has 3 unspecified atom stereocenters. The van der Waals surface area contributed by atoms with Crippen LogP contribution < -0.4 is 5.32 Å². The number of rotatable bonds is 3. The Morgan fingerprint density at radius 1 is 0.920 bits per heavy atom. The van der Waals surface area contributed by atoms with E-state index in [4.69, 9.17) is 0 Å². The highest BCUT2D eigenvalue weighted by Gasteiger charge is 2.38. The monoisotopic (exact) mass is 331 g/mol. The van der Waals surface area contributed by atoms with Gasteiger partial charge in [-0.2, -0.15) is 0 Å². The van der Waals surface area contributed by atoms with Gasteiger partial charge in [-0.3, -0.25) is 0 Å². The molecule has 0 spiro atoms. The number of anilines is 1. The van der Waals surface area contributed by atoms with Crippen LogP contribution >= 0.6 is 0 Å². The Hall–Kier alpha value is -2.02. The molecule has 2 aliphatic rings. The fraction of sp³-hybridized carbons (Fsp3) is 0.417. The highest BCUT2D eigenvalue weighted by atomic mass is 15.0. The normalized spacial score (nSPS) is 24.3. The van der Waals surface area contributed by atoms with E-state index < -0.39 is 0 Å². The molecule has 1 heterocycles. The second-order valence-electron chi connectivity index (χ2n) is 8.26. The van der Waals surface area contributed by atoms with Gasteiger partial charge < -0.3 is 5.32 Å². The van der Waals surface area contributed by atoms with Crippen molar-refractivity contribution in [3.63, 3.8) is 0 Å². The molecular formula is C24H29N. The van der Waals surface area contributed by atoms with Crippen LogP contribution in [-0.2, 0) is 0 Å². The van der Waals surface area contributed by atoms with Gasteiger partial charge in [-0.05, 0) is 46.4 Å². The van der Waals surface area contributed by atoms with Crippen LogP contribution in [0, 0.1) is 5.92 Å². The minimum absolute atomic E-state index is 0.397. The van der Waals surface area contributed by atoms with E-state index in [0.29, 0.717) is 29.7 Å². The van der Waals surface area contributed by atoms with Crippen LogP contribution in [0.4, 0.5) is 5.69 Å². The van der Waals surface area contributed by atoms with Crippen LogP contribution in [0.3, 0.4) is 0 Å². The molecule has 2 aromatic rings. The Morgan fingerprint density at radius 3 is 2.36 bits per heavy atom. The molecule has 3 atom stereocenters. The van der Waals surface area contributed by atoms with Gasteiger partial charge in [-0.25, -0.2) is 0 Å². The fourth-order valence-corrected chi connectivity index (χ4v) is 4.55. The first kappa shape index (κ1) is 16.4. The van der Waals surface area contributed by atoms with E-state index in [-0.39, 0.29) is 0 Å². The molecule has 0 aromatic heterocycles. The Bertz CT molecular complexity index is 782. The quantitative estimate of drug-likeness (QED) is 0.613. The van der Waals surface area contributed by atoms with Gasteiger partial charge in [0.1, 0.15) is 0 Å². The summed E-state index contributed by atoms with van der Waals surface area (Å²) >= 11 is 0. The van der Waals surface area contributed by atoms with Crippen molar-refractivity contribution in [1.29, 1.82) is 0 Å². The van der Waals surface area contributed by atoms with Crippen LogP contribution in [0.15, 0.2) is 54.6 Å². The molecule has 1 nitrogen and oxygen atoms in total. The smallest absolute Gasteiger partial charge is 0.0554 e. The lowest BCUT2D eigenvalue weighted by molar-refractivity contribution is 0.424. The van der Waals surface area contributed by atoms with Crippen LogP contribution in [0.2, 0.25) is 0 Å². The van der Waals surface area contributed by atoms with E-state index in [1.165, 1.54) is 34.4 Å². The third-order valence-corrected chi connectivity index (χ3v) is 6.01. The van der Waals surface area contributed by atoms with E-state index in [1.807, 2.05) is 0 Å². The highest BCUT2D eigenvalue weighted by Crippen LogP contribution is 2.51. The zero-order chi connectivity index (χ0) is 17.6. The Morgan fingerprint density at radius 2 is 1.68 bits per heavy atom. The van der Waals surface area contributed by atoms with Crippen LogP contribution in [0.5, 0.6) is 0 Å². The second-order valence-corrected chi connectivity index (χ2v) is 8.26. The van der Waals surface area contributed by atoms with Gasteiger partial charge in [0, 0.05) is 11.6 Å². The number of para-hydroxylation sites is 1. The average Bonchev–Trinajstić information content (AvgIpc) is 3.10. The molecule has 1 N–H and O–H groups in total. The van der Waals surface area contributed by atoms with Crippen LogP contribution in [0.1, 0.15) is 80.2 Å². The minimum Gasteiger partial charge on any atom is -0.377 e. The lowest BCUT2D eigenvalue weighted by Crippen LogP contribution is -2.30. The van der Waals surface area contributed by atoms with Gasteiger partial charge in [0.2, 0.25) is 0 Å². The van der Waals surface area contributed by atoms with Gasteiger partial charge in [-0.1, -0.05) is 82.3 Å². The largest absolute Gasteiger partial charge is 0.377 e. The number of allylic oxidation sites excluding steroid dienone is 2. The molecule has 25 heavy (non-hydrogen) atoms. The topological polar surface area (TPSA) is 12.0 Å². The van der Waals surface area contributed by atoms with Crippen molar-refractivity contribution in [3.8, 4) is 0 Å². The number of hydrogen-bond donors (Lipinski definition) is 1. The summed E-state index contributed by atoms with van der Waals surface area (Å²) in [7, 11) is 0. The predicted octanol–water partition coefficient (Wildman–Crippen LogP) is 6.76. The lowest BCUT2D eigenvalue weighted by atomic mass is 9.75. The van der Waals surface area contributed by atoms with E-state index in [9.17, 15) is 0 Å². The van der Waals surface area contributed by atoms with Crippen molar-refractivity contribution in [3.05, 3.63) is 76.9 Å². The third kappa shape index (κ3) is 2.80. The van der Waals surface area contributed by atoms with Gasteiger partial charge in [0.15, 0.2) is 0 Å². The first-order chi connectivity index (χ1) is 12.1. The molecule has 130 valence electrons. The summed E-state index contributed by atoms with van der Waals surface area (Å²) in [6, 6.07) is 16.5. The Kier molecular flexibility index (Phi) is 4.19. The van der Waals surface area contributed by atoms with Crippen molar-refractivity contribution in [1.82, 2.24) is 0 Å². The van der Waals surface area contributed by atoms with Gasteiger partial charge in [-0.15, -0.1) is 0 Å². The van der Waals surface area contributed by atoms with Crippen LogP contribution in [-0.4, -0.2) is 0 Å². The molecule has 0 bridgehead atoms. The minimum atomic E-state index is 0.397. The first-order valence-corrected chi connectivity index (χ1v) is 9.72. The summed E-state index contributed by atoms with van der Waals surface area (Å²) in [5, 5.41) is 3.94. The fourth-order valence-electron chi connectivity index (χ4n) is 4.55. The van der Waals surface area contributed by atoms with E-state index in [2.05, 4.69) is 87.6 Å². The summed E-state index contributed by atoms with van der Waals surface area (Å²) in [5.41, 5.74) is 7.15. The van der Waals surface area contributed by atoms with Crippen LogP contribution in [0.25, 0.3) is 0 Å². The van der Waals surface area contributed by atoms with Crippen molar-refractivity contribution in [2.45, 2.75) is 57.9 Å². The summed E-state index contributed by atoms with van der Waals surface area (Å²) in [5.74, 6) is 2.29. The maximum Gasteiger partial charge on any atom is 0.0554 e. The lowest BCUT2D eigenvalue weighted by Gasteiger charge is -2.39. The summed E-state index contributed by atoms with van der Waals surface area (Å²) < 4.78 is 0. The standard InChI is InChI=1S/C24H29N/c1-15(2)17-11-13-18(14-12-17)23-21-9-6-8-20(21)22-10-5-7-19(16(3)4)24(22)25-23/h5-8,10-16,20-21,23,25H,9H2,1-4H3. The number of fused-ring (bicyclic) bond motifs is 3. The molecule has 2 aromatic carbocycles. The molecular weight excluding hydrogens is 302 g/mol. The average molecular weight is 332 g/mol. The molecule has 1 aliphatic heterocycles. The molecule has 0 saturated carbocycles. The molecule has 1 aliphatic carbocycles. The predicted molar refractivity (Wildman–Crippen MR) is 107 cm³/mol. The number of nitrogens with one attached hydrogen (secondary N) is 1. The van der Waals surface area contributed by atoms with E-state index in [0.717, 1.165) is 0 Å². The molecule has 1 heteroatoms. The van der Waals surface area contributed by atoms with Gasteiger partial charge >= 0.3 is 0 Å². The highest BCUT2D eigenvalue weighted by molar-refractivity contribution is 5.65. The zero-order valence-corrected chi connectivity index (χ0v) is 15.8. The van der Waals surface area contributed by atoms with Crippen molar-refractivity contribution >= 4 is 5.69 Å². The summed E-state index contributed by atoms with van der Waals surface area (Å²) in [4.78, 5) is 0. The third-order valence-electron chi connectivity index (χ3n) is 6.01. The van der Waals surface area contributed by atoms with Gasteiger partial charge in [0.25, 0.3) is 0 Å². The Labute approximate surface area is 152 Å².